The Morgan fingerprint density at radius 1 is 0.963 bits per heavy atom. The molecule has 0 fully saturated rings. The summed E-state index contributed by atoms with van der Waals surface area (Å²) in [5, 5.41) is 12.1. The molecule has 27 heavy (non-hydrogen) atoms. The van der Waals surface area contributed by atoms with Crippen LogP contribution in [0.5, 0.6) is 0 Å². The summed E-state index contributed by atoms with van der Waals surface area (Å²) in [5.41, 5.74) is 7.29. The monoisotopic (exact) mass is 363 g/mol. The van der Waals surface area contributed by atoms with Crippen LogP contribution >= 0.6 is 0 Å². The summed E-state index contributed by atoms with van der Waals surface area (Å²) in [5.74, 6) is 0.744. The topological polar surface area (TPSA) is 62.5 Å². The molecule has 0 radical (unpaired) electrons. The molecule has 140 valence electrons. The Morgan fingerprint density at radius 3 is 2.33 bits per heavy atom. The highest BCUT2D eigenvalue weighted by Gasteiger charge is 2.14. The van der Waals surface area contributed by atoms with Crippen molar-refractivity contribution < 1.29 is 14.3 Å². The molecule has 0 aliphatic carbocycles. The van der Waals surface area contributed by atoms with E-state index < -0.39 is 0 Å². The van der Waals surface area contributed by atoms with Gasteiger partial charge in [0.15, 0.2) is 5.76 Å². The highest BCUT2D eigenvalue weighted by Crippen LogP contribution is 2.22. The van der Waals surface area contributed by atoms with E-state index in [1.165, 1.54) is 22.3 Å². The van der Waals surface area contributed by atoms with Gasteiger partial charge in [-0.2, -0.15) is 0 Å². The predicted molar refractivity (Wildman–Crippen MR) is 107 cm³/mol. The Hall–Kier alpha value is -2.85. The molecule has 0 atom stereocenters. The van der Waals surface area contributed by atoms with Crippen LogP contribution in [0.1, 0.15) is 49.7 Å². The van der Waals surface area contributed by atoms with E-state index in [1.54, 1.807) is 12.1 Å². The first-order valence-electron chi connectivity index (χ1n) is 9.04. The maximum Gasteiger partial charge on any atom is 0.291 e. The van der Waals surface area contributed by atoms with Crippen molar-refractivity contribution in [1.29, 1.82) is 0 Å². The lowest BCUT2D eigenvalue weighted by Gasteiger charge is -2.10. The first-order valence-corrected chi connectivity index (χ1v) is 9.04. The summed E-state index contributed by atoms with van der Waals surface area (Å²) in [6.07, 6.45) is 0.657. The fourth-order valence-corrected chi connectivity index (χ4v) is 3.34. The van der Waals surface area contributed by atoms with Gasteiger partial charge in [0.2, 0.25) is 0 Å². The van der Waals surface area contributed by atoms with Gasteiger partial charge in [-0.05, 0) is 73.7 Å². The Morgan fingerprint density at radius 2 is 1.67 bits per heavy atom. The molecule has 2 N–H and O–H groups in total. The van der Waals surface area contributed by atoms with Crippen LogP contribution in [0.15, 0.2) is 46.9 Å². The molecule has 3 rings (SSSR count). The van der Waals surface area contributed by atoms with Crippen molar-refractivity contribution in [2.45, 2.75) is 40.7 Å². The van der Waals surface area contributed by atoms with Gasteiger partial charge in [0.1, 0.15) is 5.76 Å². The van der Waals surface area contributed by atoms with Gasteiger partial charge in [-0.15, -0.1) is 0 Å². The Kier molecular flexibility index (Phi) is 5.47. The Bertz CT molecular complexity index is 962. The number of aliphatic hydroxyl groups is 1. The number of furan rings is 1. The summed E-state index contributed by atoms with van der Waals surface area (Å²) in [6.45, 7) is 8.13. The van der Waals surface area contributed by atoms with E-state index in [4.69, 9.17) is 4.42 Å². The summed E-state index contributed by atoms with van der Waals surface area (Å²) < 4.78 is 5.80. The van der Waals surface area contributed by atoms with E-state index in [-0.39, 0.29) is 18.3 Å². The molecule has 4 nitrogen and oxygen atoms in total. The molecule has 0 spiro atoms. The molecule has 4 heteroatoms. The number of aryl methyl sites for hydroxylation is 4. The average molecular weight is 363 g/mol. The largest absolute Gasteiger partial charge is 0.456 e. The van der Waals surface area contributed by atoms with Crippen molar-refractivity contribution in [2.75, 3.05) is 5.32 Å². The van der Waals surface area contributed by atoms with E-state index in [1.807, 2.05) is 25.1 Å². The van der Waals surface area contributed by atoms with Crippen LogP contribution in [0.2, 0.25) is 0 Å². The van der Waals surface area contributed by atoms with Crippen LogP contribution in [-0.2, 0) is 13.0 Å². The van der Waals surface area contributed by atoms with E-state index in [0.717, 1.165) is 16.9 Å². The van der Waals surface area contributed by atoms with Crippen molar-refractivity contribution in [2.24, 2.45) is 0 Å². The zero-order chi connectivity index (χ0) is 19.6. The summed E-state index contributed by atoms with van der Waals surface area (Å²) >= 11 is 0. The SMILES string of the molecule is Cc1cc(C)c(Cc2ccc(C(=O)Nc3cc(CO)ccc3C)o2)c(C)c1. The quantitative estimate of drug-likeness (QED) is 0.681. The number of aliphatic hydroxyl groups excluding tert-OH is 1. The minimum atomic E-state index is -0.295. The van der Waals surface area contributed by atoms with Gasteiger partial charge in [0.05, 0.1) is 6.61 Å². The van der Waals surface area contributed by atoms with Crippen LogP contribution in [-0.4, -0.2) is 11.0 Å². The molecule has 0 bridgehead atoms. The molecule has 2 aromatic carbocycles. The number of benzene rings is 2. The third-order valence-electron chi connectivity index (χ3n) is 4.81. The number of anilines is 1. The molecular weight excluding hydrogens is 338 g/mol. The maximum atomic E-state index is 12.5. The predicted octanol–water partition coefficient (Wildman–Crippen LogP) is 4.85. The third-order valence-corrected chi connectivity index (χ3v) is 4.81. The van der Waals surface area contributed by atoms with Crippen molar-refractivity contribution in [3.05, 3.63) is 87.4 Å². The lowest BCUT2D eigenvalue weighted by Crippen LogP contribution is -2.12. The van der Waals surface area contributed by atoms with Gasteiger partial charge in [-0.1, -0.05) is 29.8 Å². The molecule has 1 heterocycles. The minimum Gasteiger partial charge on any atom is -0.456 e. The molecule has 0 aliphatic heterocycles. The Balaban J connectivity index is 1.77. The van der Waals surface area contributed by atoms with E-state index >= 15 is 0 Å². The molecule has 1 aromatic heterocycles. The number of nitrogens with one attached hydrogen (secondary N) is 1. The van der Waals surface area contributed by atoms with Gasteiger partial charge in [-0.3, -0.25) is 4.79 Å². The van der Waals surface area contributed by atoms with Gasteiger partial charge in [-0.25, -0.2) is 0 Å². The average Bonchev–Trinajstić information content (AvgIpc) is 3.09. The number of carbonyl (C=O) groups is 1. The number of hydrogen-bond donors (Lipinski definition) is 2. The van der Waals surface area contributed by atoms with Crippen molar-refractivity contribution in [3.8, 4) is 0 Å². The third kappa shape index (κ3) is 4.29. The molecule has 0 saturated carbocycles. The Labute approximate surface area is 159 Å². The zero-order valence-corrected chi connectivity index (χ0v) is 16.2. The van der Waals surface area contributed by atoms with Crippen LogP contribution in [0.3, 0.4) is 0 Å². The minimum absolute atomic E-state index is 0.0662. The van der Waals surface area contributed by atoms with Crippen LogP contribution in [0.4, 0.5) is 5.69 Å². The van der Waals surface area contributed by atoms with E-state index in [2.05, 4.69) is 38.2 Å². The highest BCUT2D eigenvalue weighted by molar-refractivity contribution is 6.02. The zero-order valence-electron chi connectivity index (χ0n) is 16.2. The van der Waals surface area contributed by atoms with Crippen molar-refractivity contribution in [3.63, 3.8) is 0 Å². The van der Waals surface area contributed by atoms with Crippen molar-refractivity contribution in [1.82, 2.24) is 0 Å². The van der Waals surface area contributed by atoms with Gasteiger partial charge < -0.3 is 14.8 Å². The van der Waals surface area contributed by atoms with Crippen LogP contribution in [0, 0.1) is 27.7 Å². The fourth-order valence-electron chi connectivity index (χ4n) is 3.34. The van der Waals surface area contributed by atoms with E-state index in [0.29, 0.717) is 12.1 Å². The van der Waals surface area contributed by atoms with Crippen molar-refractivity contribution >= 4 is 11.6 Å². The molecular formula is C23H25NO3. The number of rotatable bonds is 5. The van der Waals surface area contributed by atoms with Gasteiger partial charge in [0, 0.05) is 12.1 Å². The van der Waals surface area contributed by atoms with Gasteiger partial charge in [0.25, 0.3) is 5.91 Å². The second-order valence-electron chi connectivity index (χ2n) is 7.08. The second-order valence-corrected chi connectivity index (χ2v) is 7.08. The fraction of sp³-hybridized carbons (Fsp3) is 0.261. The number of amides is 1. The second kappa shape index (κ2) is 7.80. The summed E-state index contributed by atoms with van der Waals surface area (Å²) in [7, 11) is 0. The lowest BCUT2D eigenvalue weighted by molar-refractivity contribution is 0.0995. The van der Waals surface area contributed by atoms with Crippen LogP contribution in [0.25, 0.3) is 0 Å². The molecule has 0 unspecified atom stereocenters. The van der Waals surface area contributed by atoms with E-state index in [9.17, 15) is 9.90 Å². The molecule has 3 aromatic rings. The summed E-state index contributed by atoms with van der Waals surface area (Å²) in [4.78, 5) is 12.5. The molecule has 0 saturated heterocycles. The first kappa shape index (κ1) is 18.9. The molecule has 0 aliphatic rings. The summed E-state index contributed by atoms with van der Waals surface area (Å²) in [6, 6.07) is 13.4. The van der Waals surface area contributed by atoms with Crippen LogP contribution < -0.4 is 5.32 Å². The lowest BCUT2D eigenvalue weighted by atomic mass is 9.97. The first-order chi connectivity index (χ1) is 12.9. The normalized spacial score (nSPS) is 10.9. The smallest absolute Gasteiger partial charge is 0.291 e. The highest BCUT2D eigenvalue weighted by atomic mass is 16.3. The molecule has 1 amide bonds. The maximum absolute atomic E-state index is 12.5. The standard InChI is InChI=1S/C23H25NO3/c1-14-9-16(3)20(17(4)10-14)12-19-7-8-22(27-19)23(26)24-21-11-18(13-25)6-5-15(21)2/h5-11,25H,12-13H2,1-4H3,(H,24,26). The number of hydrogen-bond acceptors (Lipinski definition) is 3. The van der Waals surface area contributed by atoms with Gasteiger partial charge >= 0.3 is 0 Å². The number of carbonyl (C=O) groups excluding carboxylic acids is 1.